The molecule has 0 fully saturated rings. The van der Waals surface area contributed by atoms with Gasteiger partial charge in [0.15, 0.2) is 5.76 Å². The molecule has 1 aliphatic heterocycles. The van der Waals surface area contributed by atoms with Gasteiger partial charge in [0.25, 0.3) is 0 Å². The van der Waals surface area contributed by atoms with E-state index < -0.39 is 0 Å². The molecule has 2 rings (SSSR count). The van der Waals surface area contributed by atoms with Crippen molar-refractivity contribution in [1.82, 2.24) is 5.59 Å². The third-order valence-corrected chi connectivity index (χ3v) is 2.30. The van der Waals surface area contributed by atoms with Crippen LogP contribution in [0.2, 0.25) is 5.02 Å². The molecular formula is C9H8Cl2N2O. The van der Waals surface area contributed by atoms with E-state index in [2.05, 4.69) is 5.59 Å². The first-order valence-corrected chi connectivity index (χ1v) is 4.95. The minimum absolute atomic E-state index is 0.344. The van der Waals surface area contributed by atoms with Crippen molar-refractivity contribution in [2.24, 2.45) is 0 Å². The summed E-state index contributed by atoms with van der Waals surface area (Å²) in [6.07, 6.45) is 1.79. The Morgan fingerprint density at radius 2 is 2.00 bits per heavy atom. The van der Waals surface area contributed by atoms with Gasteiger partial charge in [-0.25, -0.2) is 5.01 Å². The lowest BCUT2D eigenvalue weighted by Gasteiger charge is -2.13. The molecule has 0 atom stereocenters. The summed E-state index contributed by atoms with van der Waals surface area (Å²) in [6, 6.07) is 7.38. The molecular weight excluding hydrogens is 223 g/mol. The van der Waals surface area contributed by atoms with Crippen LogP contribution in [0.25, 0.3) is 0 Å². The Morgan fingerprint density at radius 3 is 2.57 bits per heavy atom. The maximum atomic E-state index is 5.77. The zero-order valence-electron chi connectivity index (χ0n) is 7.21. The van der Waals surface area contributed by atoms with E-state index in [9.17, 15) is 0 Å². The maximum absolute atomic E-state index is 5.77. The largest absolute Gasteiger partial charge is 0.390 e. The molecule has 0 aromatic heterocycles. The first-order chi connectivity index (χ1) is 6.79. The minimum Gasteiger partial charge on any atom is -0.390 e. The van der Waals surface area contributed by atoms with E-state index in [1.54, 1.807) is 11.2 Å². The van der Waals surface area contributed by atoms with Crippen molar-refractivity contribution in [3.8, 4) is 0 Å². The van der Waals surface area contributed by atoms with Gasteiger partial charge in [0, 0.05) is 5.02 Å². The van der Waals surface area contributed by atoms with Crippen molar-refractivity contribution in [2.45, 2.75) is 0 Å². The molecule has 0 saturated carbocycles. The Labute approximate surface area is 91.8 Å². The molecule has 0 radical (unpaired) electrons. The van der Waals surface area contributed by atoms with Crippen molar-refractivity contribution in [1.29, 1.82) is 0 Å². The number of allylic oxidation sites excluding steroid dienone is 1. The van der Waals surface area contributed by atoms with E-state index in [0.29, 0.717) is 16.7 Å². The number of hydrogen-bond donors (Lipinski definition) is 1. The monoisotopic (exact) mass is 230 g/mol. The first-order valence-electron chi connectivity index (χ1n) is 4.03. The van der Waals surface area contributed by atoms with Gasteiger partial charge in [-0.05, 0) is 24.3 Å². The van der Waals surface area contributed by atoms with E-state index in [4.69, 9.17) is 28.0 Å². The molecule has 3 nitrogen and oxygen atoms in total. The Bertz CT molecular complexity index is 350. The summed E-state index contributed by atoms with van der Waals surface area (Å²) >= 11 is 11.4. The van der Waals surface area contributed by atoms with Gasteiger partial charge in [-0.2, -0.15) is 0 Å². The van der Waals surface area contributed by atoms with Crippen LogP contribution >= 0.6 is 23.2 Å². The van der Waals surface area contributed by atoms with Crippen LogP contribution in [0.3, 0.4) is 0 Å². The van der Waals surface area contributed by atoms with Crippen LogP contribution in [0.5, 0.6) is 0 Å². The second kappa shape index (κ2) is 4.09. The standard InChI is InChI=1S/C9H8Cl2N2O/c10-5-9-6-13(12-14-9)8-3-1-7(11)2-4-8/h1-4,6,12H,5H2. The third-order valence-electron chi connectivity index (χ3n) is 1.78. The van der Waals surface area contributed by atoms with Crippen molar-refractivity contribution < 1.29 is 4.84 Å². The lowest BCUT2D eigenvalue weighted by atomic mass is 10.3. The normalized spacial score (nSPS) is 15.3. The van der Waals surface area contributed by atoms with Crippen LogP contribution in [0.4, 0.5) is 5.69 Å². The first kappa shape index (κ1) is 9.65. The number of nitrogens with one attached hydrogen (secondary N) is 1. The Morgan fingerprint density at radius 1 is 1.29 bits per heavy atom. The van der Waals surface area contributed by atoms with E-state index in [1.165, 1.54) is 0 Å². The lowest BCUT2D eigenvalue weighted by Crippen LogP contribution is -2.26. The Hall–Kier alpha value is -0.900. The molecule has 74 valence electrons. The zero-order valence-corrected chi connectivity index (χ0v) is 8.72. The highest BCUT2D eigenvalue weighted by Gasteiger charge is 2.13. The number of hydrazine groups is 1. The second-order valence-electron chi connectivity index (χ2n) is 2.77. The predicted octanol–water partition coefficient (Wildman–Crippen LogP) is 2.68. The number of alkyl halides is 1. The van der Waals surface area contributed by atoms with Crippen LogP contribution in [-0.2, 0) is 4.84 Å². The van der Waals surface area contributed by atoms with E-state index in [0.717, 1.165) is 5.69 Å². The lowest BCUT2D eigenvalue weighted by molar-refractivity contribution is 0.133. The van der Waals surface area contributed by atoms with Crippen molar-refractivity contribution in [3.05, 3.63) is 41.2 Å². The van der Waals surface area contributed by atoms with Gasteiger partial charge in [0.1, 0.15) is 0 Å². The predicted molar refractivity (Wildman–Crippen MR) is 57.0 cm³/mol. The van der Waals surface area contributed by atoms with Crippen molar-refractivity contribution in [2.75, 3.05) is 10.9 Å². The SMILES string of the molecule is ClCC1=CN(c2ccc(Cl)cc2)NO1. The summed E-state index contributed by atoms with van der Waals surface area (Å²) in [6.45, 7) is 0. The number of hydrogen-bond acceptors (Lipinski definition) is 3. The maximum Gasteiger partial charge on any atom is 0.159 e. The average Bonchev–Trinajstić information content (AvgIpc) is 2.67. The van der Waals surface area contributed by atoms with Gasteiger partial charge in [-0.1, -0.05) is 17.2 Å². The van der Waals surface area contributed by atoms with Crippen LogP contribution in [-0.4, -0.2) is 5.88 Å². The summed E-state index contributed by atoms with van der Waals surface area (Å²) in [5.74, 6) is 1.03. The number of rotatable bonds is 2. The summed E-state index contributed by atoms with van der Waals surface area (Å²) < 4.78 is 0. The highest BCUT2D eigenvalue weighted by Crippen LogP contribution is 2.20. The van der Waals surface area contributed by atoms with E-state index >= 15 is 0 Å². The van der Waals surface area contributed by atoms with E-state index in [1.807, 2.05) is 24.3 Å². The van der Waals surface area contributed by atoms with Gasteiger partial charge in [0.05, 0.1) is 17.8 Å². The summed E-state index contributed by atoms with van der Waals surface area (Å²) in [7, 11) is 0. The van der Waals surface area contributed by atoms with Crippen LogP contribution in [0.1, 0.15) is 0 Å². The molecule has 0 amide bonds. The fraction of sp³-hybridized carbons (Fsp3) is 0.111. The minimum atomic E-state index is 0.344. The van der Waals surface area contributed by atoms with Gasteiger partial charge in [-0.15, -0.1) is 11.6 Å². The number of halogens is 2. The smallest absolute Gasteiger partial charge is 0.159 e. The van der Waals surface area contributed by atoms with Gasteiger partial charge in [-0.3, -0.25) is 0 Å². The molecule has 1 aliphatic rings. The summed E-state index contributed by atoms with van der Waals surface area (Å²) in [4.78, 5) is 5.07. The molecule has 0 spiro atoms. The van der Waals surface area contributed by atoms with Crippen molar-refractivity contribution in [3.63, 3.8) is 0 Å². The van der Waals surface area contributed by atoms with Gasteiger partial charge >= 0.3 is 0 Å². The molecule has 1 aromatic rings. The Balaban J connectivity index is 2.17. The fourth-order valence-electron chi connectivity index (χ4n) is 1.10. The molecule has 0 unspecified atom stereocenters. The quantitative estimate of drug-likeness (QED) is 0.792. The fourth-order valence-corrected chi connectivity index (χ4v) is 1.34. The van der Waals surface area contributed by atoms with Crippen LogP contribution < -0.4 is 10.6 Å². The van der Waals surface area contributed by atoms with Crippen molar-refractivity contribution >= 4 is 28.9 Å². The van der Waals surface area contributed by atoms with Crippen LogP contribution in [0, 0.1) is 0 Å². The second-order valence-corrected chi connectivity index (χ2v) is 3.47. The highest BCUT2D eigenvalue weighted by molar-refractivity contribution is 6.30. The Kier molecular flexibility index (Phi) is 2.82. The third kappa shape index (κ3) is 1.95. The molecule has 14 heavy (non-hydrogen) atoms. The highest BCUT2D eigenvalue weighted by atomic mass is 35.5. The molecule has 1 aromatic carbocycles. The molecule has 5 heteroatoms. The van der Waals surface area contributed by atoms with Gasteiger partial charge in [0.2, 0.25) is 0 Å². The molecule has 1 N–H and O–H groups in total. The summed E-state index contributed by atoms with van der Waals surface area (Å²) in [5.41, 5.74) is 3.65. The zero-order chi connectivity index (χ0) is 9.97. The number of benzene rings is 1. The van der Waals surface area contributed by atoms with Gasteiger partial charge < -0.3 is 4.84 Å². The molecule has 0 aliphatic carbocycles. The number of anilines is 1. The molecule has 0 saturated heterocycles. The van der Waals surface area contributed by atoms with E-state index in [-0.39, 0.29) is 0 Å². The molecule has 0 bridgehead atoms. The summed E-state index contributed by atoms with van der Waals surface area (Å²) in [5, 5.41) is 2.43. The average molecular weight is 231 g/mol. The topological polar surface area (TPSA) is 24.5 Å². The van der Waals surface area contributed by atoms with Crippen LogP contribution in [0.15, 0.2) is 36.2 Å². The number of nitrogens with zero attached hydrogens (tertiary/aromatic N) is 1. The molecule has 1 heterocycles.